The maximum atomic E-state index is 11.8. The van der Waals surface area contributed by atoms with Crippen LogP contribution in [-0.4, -0.2) is 9.55 Å². The first-order chi connectivity index (χ1) is 7.25. The molecule has 3 nitrogen and oxygen atoms in total. The second-order valence-corrected chi connectivity index (χ2v) is 4.39. The van der Waals surface area contributed by atoms with E-state index < -0.39 is 0 Å². The number of nitrogens with zero attached hydrogens (tertiary/aromatic N) is 1. The fourth-order valence-corrected chi connectivity index (χ4v) is 2.30. The molecule has 1 saturated carbocycles. The molecule has 0 amide bonds. The van der Waals surface area contributed by atoms with Gasteiger partial charge in [0.1, 0.15) is 5.52 Å². The van der Waals surface area contributed by atoms with Gasteiger partial charge < -0.3 is 9.55 Å². The first-order valence-corrected chi connectivity index (χ1v) is 5.46. The minimum absolute atomic E-state index is 0.0434. The highest BCUT2D eigenvalue weighted by Crippen LogP contribution is 2.33. The van der Waals surface area contributed by atoms with E-state index >= 15 is 0 Å². The summed E-state index contributed by atoms with van der Waals surface area (Å²) in [4.78, 5) is 14.7. The third-order valence-corrected chi connectivity index (χ3v) is 3.31. The summed E-state index contributed by atoms with van der Waals surface area (Å²) >= 11 is 0. The number of aromatic amines is 1. The molecule has 3 heteroatoms. The number of H-pyrrole nitrogens is 1. The molecule has 0 saturated heterocycles. The van der Waals surface area contributed by atoms with Gasteiger partial charge in [-0.3, -0.25) is 4.79 Å². The molecule has 1 fully saturated rings. The van der Waals surface area contributed by atoms with Gasteiger partial charge in [0, 0.05) is 23.3 Å². The summed E-state index contributed by atoms with van der Waals surface area (Å²) in [6.07, 6.45) is 5.74. The van der Waals surface area contributed by atoms with Crippen LogP contribution in [0.5, 0.6) is 0 Å². The number of hydrogen-bond acceptors (Lipinski definition) is 1. The summed E-state index contributed by atoms with van der Waals surface area (Å²) in [6, 6.07) is 4.62. The minimum atomic E-state index is 0.0434. The molecule has 0 bridgehead atoms. The van der Waals surface area contributed by atoms with Crippen LogP contribution in [0, 0.1) is 6.92 Å². The van der Waals surface area contributed by atoms with Gasteiger partial charge in [0.2, 0.25) is 0 Å². The fraction of sp³-hybridized carbons (Fsp3) is 0.417. The average Bonchev–Trinajstić information content (AvgIpc) is 2.45. The van der Waals surface area contributed by atoms with E-state index in [0.29, 0.717) is 6.04 Å². The summed E-state index contributed by atoms with van der Waals surface area (Å²) in [5, 5.41) is 1.06. The van der Waals surface area contributed by atoms with Crippen molar-refractivity contribution in [2.45, 2.75) is 32.2 Å². The molecular formula is C12H14N2O. The Morgan fingerprint density at radius 2 is 2.27 bits per heavy atom. The van der Waals surface area contributed by atoms with E-state index in [4.69, 9.17) is 0 Å². The van der Waals surface area contributed by atoms with Crippen molar-refractivity contribution in [1.82, 2.24) is 9.55 Å². The van der Waals surface area contributed by atoms with Crippen LogP contribution in [0.2, 0.25) is 0 Å². The van der Waals surface area contributed by atoms with Crippen molar-refractivity contribution in [3.8, 4) is 0 Å². The maximum absolute atomic E-state index is 11.8. The van der Waals surface area contributed by atoms with Gasteiger partial charge in [-0.05, 0) is 38.3 Å². The number of fused-ring (bicyclic) bond motifs is 1. The van der Waals surface area contributed by atoms with Gasteiger partial charge in [-0.1, -0.05) is 0 Å². The van der Waals surface area contributed by atoms with Crippen molar-refractivity contribution in [3.05, 3.63) is 34.4 Å². The predicted octanol–water partition coefficient (Wildman–Crippen LogP) is 2.36. The number of aromatic nitrogens is 2. The summed E-state index contributed by atoms with van der Waals surface area (Å²) in [5.74, 6) is 0. The lowest BCUT2D eigenvalue weighted by molar-refractivity contribution is 0.321. The highest BCUT2D eigenvalue weighted by molar-refractivity contribution is 5.79. The van der Waals surface area contributed by atoms with E-state index in [0.717, 1.165) is 16.6 Å². The van der Waals surface area contributed by atoms with Crippen LogP contribution in [0.1, 0.15) is 31.0 Å². The van der Waals surface area contributed by atoms with Gasteiger partial charge in [-0.15, -0.1) is 0 Å². The number of nitrogens with one attached hydrogen (secondary N) is 1. The van der Waals surface area contributed by atoms with Crippen LogP contribution in [-0.2, 0) is 0 Å². The molecular weight excluding hydrogens is 188 g/mol. The minimum Gasteiger partial charge on any atom is -0.340 e. The highest BCUT2D eigenvalue weighted by Gasteiger charge is 2.21. The van der Waals surface area contributed by atoms with E-state index in [2.05, 4.69) is 9.55 Å². The van der Waals surface area contributed by atoms with Crippen LogP contribution < -0.4 is 5.56 Å². The third kappa shape index (κ3) is 1.23. The molecule has 0 aliphatic heterocycles. The molecule has 15 heavy (non-hydrogen) atoms. The van der Waals surface area contributed by atoms with Crippen LogP contribution in [0.25, 0.3) is 10.9 Å². The van der Waals surface area contributed by atoms with Crippen molar-refractivity contribution in [3.63, 3.8) is 0 Å². The molecule has 78 valence electrons. The molecule has 1 N–H and O–H groups in total. The summed E-state index contributed by atoms with van der Waals surface area (Å²) in [5.41, 5.74) is 1.81. The Labute approximate surface area is 87.7 Å². The van der Waals surface area contributed by atoms with Crippen molar-refractivity contribution in [1.29, 1.82) is 0 Å². The molecule has 2 heterocycles. The van der Waals surface area contributed by atoms with E-state index in [9.17, 15) is 4.79 Å². The second kappa shape index (κ2) is 2.99. The molecule has 2 aromatic rings. The van der Waals surface area contributed by atoms with Gasteiger partial charge in [0.25, 0.3) is 5.56 Å². The SMILES string of the molecule is Cc1cc2ccn(C3CCC3)c2c(=O)[nH]1. The fourth-order valence-electron chi connectivity index (χ4n) is 2.30. The largest absolute Gasteiger partial charge is 0.340 e. The normalized spacial score (nSPS) is 16.9. The lowest BCUT2D eigenvalue weighted by atomic mass is 9.93. The molecule has 0 aromatic carbocycles. The molecule has 2 aromatic heterocycles. The molecule has 0 spiro atoms. The van der Waals surface area contributed by atoms with Crippen LogP contribution >= 0.6 is 0 Å². The standard InChI is InChI=1S/C12H14N2O/c1-8-7-9-5-6-14(10-3-2-4-10)11(9)12(15)13-8/h5-7,10H,2-4H2,1H3,(H,13,15). The summed E-state index contributed by atoms with van der Waals surface area (Å²) in [6.45, 7) is 1.92. The lowest BCUT2D eigenvalue weighted by Crippen LogP contribution is -2.20. The van der Waals surface area contributed by atoms with Crippen molar-refractivity contribution in [2.24, 2.45) is 0 Å². The molecule has 1 aliphatic rings. The van der Waals surface area contributed by atoms with Gasteiger partial charge in [-0.25, -0.2) is 0 Å². The first-order valence-electron chi connectivity index (χ1n) is 5.46. The zero-order chi connectivity index (χ0) is 10.4. The van der Waals surface area contributed by atoms with Gasteiger partial charge in [0.05, 0.1) is 0 Å². The lowest BCUT2D eigenvalue weighted by Gasteiger charge is -2.27. The molecule has 0 atom stereocenters. The topological polar surface area (TPSA) is 37.8 Å². The molecule has 0 unspecified atom stereocenters. The van der Waals surface area contributed by atoms with E-state index in [1.54, 1.807) is 0 Å². The number of aryl methyl sites for hydroxylation is 1. The van der Waals surface area contributed by atoms with Gasteiger partial charge in [0.15, 0.2) is 0 Å². The first kappa shape index (κ1) is 8.77. The van der Waals surface area contributed by atoms with Gasteiger partial charge in [-0.2, -0.15) is 0 Å². The van der Waals surface area contributed by atoms with Crippen LogP contribution in [0.4, 0.5) is 0 Å². The summed E-state index contributed by atoms with van der Waals surface area (Å²) < 4.78 is 2.14. The zero-order valence-corrected chi connectivity index (χ0v) is 8.79. The Bertz CT molecular complexity index is 560. The summed E-state index contributed by atoms with van der Waals surface area (Å²) in [7, 11) is 0. The smallest absolute Gasteiger partial charge is 0.272 e. The van der Waals surface area contributed by atoms with E-state index in [1.165, 1.54) is 19.3 Å². The Kier molecular flexibility index (Phi) is 1.75. The van der Waals surface area contributed by atoms with Crippen LogP contribution in [0.3, 0.4) is 0 Å². The molecule has 1 aliphatic carbocycles. The Balaban J connectivity index is 2.28. The third-order valence-electron chi connectivity index (χ3n) is 3.31. The van der Waals surface area contributed by atoms with Crippen molar-refractivity contribution in [2.75, 3.05) is 0 Å². The number of rotatable bonds is 1. The van der Waals surface area contributed by atoms with E-state index in [1.807, 2.05) is 25.3 Å². The number of pyridine rings is 1. The zero-order valence-electron chi connectivity index (χ0n) is 8.79. The number of hydrogen-bond donors (Lipinski definition) is 1. The Morgan fingerprint density at radius 3 is 2.93 bits per heavy atom. The van der Waals surface area contributed by atoms with Crippen LogP contribution in [0.15, 0.2) is 23.1 Å². The Morgan fingerprint density at radius 1 is 1.47 bits per heavy atom. The van der Waals surface area contributed by atoms with Crippen molar-refractivity contribution >= 4 is 10.9 Å². The maximum Gasteiger partial charge on any atom is 0.272 e. The average molecular weight is 202 g/mol. The highest BCUT2D eigenvalue weighted by atomic mass is 16.1. The van der Waals surface area contributed by atoms with Crippen molar-refractivity contribution < 1.29 is 0 Å². The molecule has 0 radical (unpaired) electrons. The van der Waals surface area contributed by atoms with E-state index in [-0.39, 0.29) is 5.56 Å². The second-order valence-electron chi connectivity index (χ2n) is 4.39. The quantitative estimate of drug-likeness (QED) is 0.757. The predicted molar refractivity (Wildman–Crippen MR) is 60.2 cm³/mol. The molecule has 3 rings (SSSR count). The monoisotopic (exact) mass is 202 g/mol. The Hall–Kier alpha value is -1.51. The van der Waals surface area contributed by atoms with Gasteiger partial charge >= 0.3 is 0 Å².